The number of hydrogen-bond acceptors (Lipinski definition) is 6. The first-order chi connectivity index (χ1) is 20.7. The highest BCUT2D eigenvalue weighted by atomic mass is 16.5. The summed E-state index contributed by atoms with van der Waals surface area (Å²) in [5.41, 5.74) is 6.92. The molecule has 1 aromatic heterocycles. The van der Waals surface area contributed by atoms with Gasteiger partial charge in [0.15, 0.2) is 6.04 Å². The summed E-state index contributed by atoms with van der Waals surface area (Å²) in [5.74, 6) is -1.02. The first kappa shape index (κ1) is 29.9. The lowest BCUT2D eigenvalue weighted by atomic mass is 10.0. The highest BCUT2D eigenvalue weighted by Crippen LogP contribution is 2.27. The van der Waals surface area contributed by atoms with Crippen LogP contribution in [0.4, 0.5) is 5.69 Å². The topological polar surface area (TPSA) is 132 Å². The lowest BCUT2D eigenvalue weighted by molar-refractivity contribution is -0.132. The summed E-state index contributed by atoms with van der Waals surface area (Å²) in [6, 6.07) is 21.8. The van der Waals surface area contributed by atoms with Crippen LogP contribution in [-0.2, 0) is 25.7 Å². The predicted octanol–water partition coefficient (Wildman–Crippen LogP) is 3.63. The van der Waals surface area contributed by atoms with Gasteiger partial charge in [-0.25, -0.2) is 0 Å². The first-order valence-corrected chi connectivity index (χ1v) is 14.5. The Bertz CT molecular complexity index is 1570. The second-order valence-corrected chi connectivity index (χ2v) is 11.5. The summed E-state index contributed by atoms with van der Waals surface area (Å²) >= 11 is 0. The molecule has 1 saturated heterocycles. The molecule has 10 heteroatoms. The van der Waals surface area contributed by atoms with E-state index in [1.54, 1.807) is 24.7 Å². The molecule has 0 spiro atoms. The number of likely N-dealkylation sites (tertiary alicyclic amines) is 1. The monoisotopic (exact) mass is 582 g/mol. The molecule has 0 aliphatic carbocycles. The van der Waals surface area contributed by atoms with Gasteiger partial charge >= 0.3 is 0 Å². The molecule has 2 unspecified atom stereocenters. The van der Waals surface area contributed by atoms with Gasteiger partial charge in [0, 0.05) is 19.3 Å². The standard InChI is InChI=1S/C33H38N6O4/c1-33(2,34)32(42)37-28(22-43-21-23-10-4-3-5-11-23)30(40)36-27-19-35-39(20-27)29(31(41)38-16-8-9-17-38)26-15-14-24-12-6-7-13-25(24)18-26/h3-7,10-15,18-20,28-29H,8-9,16-17,21-22,34H2,1-2H3,(H,36,40)(H,37,42). The molecule has 4 N–H and O–H groups in total. The number of rotatable bonds is 11. The molecular formula is C33H38N6O4. The van der Waals surface area contributed by atoms with E-state index in [-0.39, 0.29) is 19.1 Å². The number of nitrogens with two attached hydrogens (primary N) is 1. The SMILES string of the molecule is CC(C)(N)C(=O)NC(COCc1ccccc1)C(=O)Nc1cnn(C(C(=O)N2CCCC2)c2ccc3ccccc3c2)c1. The van der Waals surface area contributed by atoms with Crippen LogP contribution < -0.4 is 16.4 Å². The second kappa shape index (κ2) is 13.2. The Hall–Kier alpha value is -4.54. The van der Waals surface area contributed by atoms with Crippen molar-refractivity contribution in [3.8, 4) is 0 Å². The number of nitrogens with zero attached hydrogens (tertiary/aromatic N) is 3. The Morgan fingerprint density at radius 1 is 0.977 bits per heavy atom. The molecule has 1 fully saturated rings. The van der Waals surface area contributed by atoms with Crippen molar-refractivity contribution in [2.24, 2.45) is 5.73 Å². The van der Waals surface area contributed by atoms with E-state index in [1.165, 1.54) is 6.20 Å². The van der Waals surface area contributed by atoms with Crippen LogP contribution in [0.15, 0.2) is 85.2 Å². The average Bonchev–Trinajstić information content (AvgIpc) is 3.70. The fourth-order valence-electron chi connectivity index (χ4n) is 5.07. The lowest BCUT2D eigenvalue weighted by Gasteiger charge is -2.24. The quantitative estimate of drug-likeness (QED) is 0.248. The van der Waals surface area contributed by atoms with Gasteiger partial charge in [0.1, 0.15) is 6.04 Å². The Morgan fingerprint density at radius 2 is 1.67 bits per heavy atom. The van der Waals surface area contributed by atoms with Crippen LogP contribution in [0, 0.1) is 0 Å². The molecule has 3 amide bonds. The Kier molecular flexibility index (Phi) is 9.18. The van der Waals surface area contributed by atoms with Gasteiger partial charge in [-0.05, 0) is 54.7 Å². The third kappa shape index (κ3) is 7.46. The van der Waals surface area contributed by atoms with E-state index < -0.39 is 29.4 Å². The van der Waals surface area contributed by atoms with E-state index in [9.17, 15) is 14.4 Å². The van der Waals surface area contributed by atoms with Crippen molar-refractivity contribution in [3.05, 3.63) is 96.3 Å². The number of nitrogens with one attached hydrogen (secondary N) is 2. The Morgan fingerprint density at radius 3 is 2.40 bits per heavy atom. The maximum Gasteiger partial charge on any atom is 0.252 e. The maximum atomic E-state index is 13.8. The minimum atomic E-state index is -1.19. The first-order valence-electron chi connectivity index (χ1n) is 14.5. The van der Waals surface area contributed by atoms with Crippen molar-refractivity contribution < 1.29 is 19.1 Å². The summed E-state index contributed by atoms with van der Waals surface area (Å²) in [7, 11) is 0. The summed E-state index contributed by atoms with van der Waals surface area (Å²) in [6.45, 7) is 4.75. The molecule has 224 valence electrons. The van der Waals surface area contributed by atoms with Crippen LogP contribution in [0.1, 0.15) is 43.9 Å². The van der Waals surface area contributed by atoms with Crippen molar-refractivity contribution in [2.75, 3.05) is 25.0 Å². The number of fused-ring (bicyclic) bond motifs is 1. The molecule has 43 heavy (non-hydrogen) atoms. The smallest absolute Gasteiger partial charge is 0.252 e. The number of aromatic nitrogens is 2. The van der Waals surface area contributed by atoms with Crippen LogP contribution in [0.5, 0.6) is 0 Å². The molecule has 3 aromatic carbocycles. The number of carbonyl (C=O) groups is 3. The Labute approximate surface area is 251 Å². The van der Waals surface area contributed by atoms with Crippen LogP contribution in [0.25, 0.3) is 10.8 Å². The predicted molar refractivity (Wildman–Crippen MR) is 165 cm³/mol. The highest BCUT2D eigenvalue weighted by molar-refractivity contribution is 5.98. The zero-order valence-corrected chi connectivity index (χ0v) is 24.5. The van der Waals surface area contributed by atoms with Gasteiger partial charge in [-0.1, -0.05) is 66.7 Å². The van der Waals surface area contributed by atoms with Crippen LogP contribution >= 0.6 is 0 Å². The van der Waals surface area contributed by atoms with Gasteiger partial charge in [-0.2, -0.15) is 5.10 Å². The summed E-state index contributed by atoms with van der Waals surface area (Å²) in [4.78, 5) is 41.7. The van der Waals surface area contributed by atoms with Gasteiger partial charge in [0.25, 0.3) is 5.91 Å². The minimum Gasteiger partial charge on any atom is -0.374 e. The van der Waals surface area contributed by atoms with Crippen LogP contribution in [-0.4, -0.2) is 63.7 Å². The Balaban J connectivity index is 1.35. The number of hydrogen-bond donors (Lipinski definition) is 3. The molecule has 1 aliphatic heterocycles. The zero-order valence-electron chi connectivity index (χ0n) is 24.5. The third-order valence-electron chi connectivity index (χ3n) is 7.48. The van der Waals surface area contributed by atoms with E-state index in [4.69, 9.17) is 10.5 Å². The van der Waals surface area contributed by atoms with Gasteiger partial charge in [0.05, 0.1) is 30.6 Å². The lowest BCUT2D eigenvalue weighted by Crippen LogP contribution is -2.56. The molecule has 5 rings (SSSR count). The molecule has 4 aromatic rings. The fraction of sp³-hybridized carbons (Fsp3) is 0.333. The molecular weight excluding hydrogens is 544 g/mol. The zero-order chi connectivity index (χ0) is 30.4. The molecule has 0 saturated carbocycles. The van der Waals surface area contributed by atoms with Crippen molar-refractivity contribution >= 4 is 34.2 Å². The molecule has 0 bridgehead atoms. The molecule has 1 aliphatic rings. The van der Waals surface area contributed by atoms with Crippen molar-refractivity contribution in [1.82, 2.24) is 20.0 Å². The van der Waals surface area contributed by atoms with E-state index in [1.807, 2.05) is 77.7 Å². The number of amides is 3. The summed E-state index contributed by atoms with van der Waals surface area (Å²) < 4.78 is 7.38. The largest absolute Gasteiger partial charge is 0.374 e. The van der Waals surface area contributed by atoms with Gasteiger partial charge in [-0.3, -0.25) is 19.1 Å². The molecule has 10 nitrogen and oxygen atoms in total. The maximum absolute atomic E-state index is 13.8. The number of carbonyl (C=O) groups excluding carboxylic acids is 3. The normalized spacial score (nSPS) is 14.8. The van der Waals surface area contributed by atoms with Crippen LogP contribution in [0.3, 0.4) is 0 Å². The minimum absolute atomic E-state index is 0.0432. The summed E-state index contributed by atoms with van der Waals surface area (Å²) in [5, 5.41) is 12.1. The number of ether oxygens (including phenoxy) is 1. The number of benzene rings is 3. The average molecular weight is 583 g/mol. The number of anilines is 1. The van der Waals surface area contributed by atoms with Crippen LogP contribution in [0.2, 0.25) is 0 Å². The third-order valence-corrected chi connectivity index (χ3v) is 7.48. The van der Waals surface area contributed by atoms with Gasteiger partial charge in [0.2, 0.25) is 11.8 Å². The molecule has 0 radical (unpaired) electrons. The molecule has 2 heterocycles. The van der Waals surface area contributed by atoms with Crippen molar-refractivity contribution in [3.63, 3.8) is 0 Å². The van der Waals surface area contributed by atoms with E-state index in [2.05, 4.69) is 15.7 Å². The van der Waals surface area contributed by atoms with Crippen molar-refractivity contribution in [2.45, 2.75) is 50.9 Å². The molecule has 2 atom stereocenters. The van der Waals surface area contributed by atoms with Gasteiger partial charge in [-0.15, -0.1) is 0 Å². The highest BCUT2D eigenvalue weighted by Gasteiger charge is 2.31. The second-order valence-electron chi connectivity index (χ2n) is 11.5. The van der Waals surface area contributed by atoms with E-state index in [0.29, 0.717) is 18.8 Å². The van der Waals surface area contributed by atoms with Gasteiger partial charge < -0.3 is 26.0 Å². The van der Waals surface area contributed by atoms with Crippen molar-refractivity contribution in [1.29, 1.82) is 0 Å². The van der Waals surface area contributed by atoms with E-state index >= 15 is 0 Å². The van der Waals surface area contributed by atoms with E-state index in [0.717, 1.165) is 34.7 Å². The summed E-state index contributed by atoms with van der Waals surface area (Å²) in [6.07, 6.45) is 5.08. The fourth-order valence-corrected chi connectivity index (χ4v) is 5.07.